The maximum Gasteiger partial charge on any atom is 0.315 e. The fraction of sp³-hybridized carbons (Fsp3) is 0.933. The van der Waals surface area contributed by atoms with E-state index in [1.807, 2.05) is 6.92 Å². The summed E-state index contributed by atoms with van der Waals surface area (Å²) in [5, 5.41) is 15.7. The quantitative estimate of drug-likeness (QED) is 0.730. The molecule has 4 unspecified atom stereocenters. The minimum Gasteiger partial charge on any atom is -0.394 e. The third kappa shape index (κ3) is 2.79. The number of urea groups is 1. The van der Waals surface area contributed by atoms with Gasteiger partial charge in [-0.15, -0.1) is 0 Å². The first kappa shape index (κ1) is 14.1. The van der Waals surface area contributed by atoms with Gasteiger partial charge in [-0.1, -0.05) is 0 Å². The van der Waals surface area contributed by atoms with E-state index in [1.54, 1.807) is 0 Å². The minimum atomic E-state index is -0.468. The van der Waals surface area contributed by atoms with Gasteiger partial charge in [-0.25, -0.2) is 4.79 Å². The number of amides is 2. The number of fused-ring (bicyclic) bond motifs is 1. The molecule has 5 heteroatoms. The number of nitrogens with one attached hydrogen (secondary N) is 2. The zero-order valence-corrected chi connectivity index (χ0v) is 12.2. The molecule has 0 spiro atoms. The lowest BCUT2D eigenvalue weighted by molar-refractivity contribution is 0.0544. The number of carbonyl (C=O) groups excluding carboxylic acids is 1. The maximum atomic E-state index is 12.2. The van der Waals surface area contributed by atoms with E-state index in [0.29, 0.717) is 17.9 Å². The van der Waals surface area contributed by atoms with Crippen molar-refractivity contribution in [1.29, 1.82) is 0 Å². The van der Waals surface area contributed by atoms with Crippen LogP contribution in [0.25, 0.3) is 0 Å². The lowest BCUT2D eigenvalue weighted by Crippen LogP contribution is -2.57. The number of rotatable bonds is 4. The number of ether oxygens (including phenoxy) is 1. The fourth-order valence-electron chi connectivity index (χ4n) is 3.81. The van der Waals surface area contributed by atoms with Crippen molar-refractivity contribution in [2.24, 2.45) is 11.8 Å². The number of hydrogen-bond acceptors (Lipinski definition) is 3. The van der Waals surface area contributed by atoms with E-state index >= 15 is 0 Å². The predicted octanol–water partition coefficient (Wildman–Crippen LogP) is 1.40. The Balaban J connectivity index is 1.55. The Bertz CT molecular complexity index is 372. The van der Waals surface area contributed by atoms with Gasteiger partial charge in [0.2, 0.25) is 0 Å². The zero-order chi connectivity index (χ0) is 14.2. The predicted molar refractivity (Wildman–Crippen MR) is 75.4 cm³/mol. The third-order valence-electron chi connectivity index (χ3n) is 5.30. The lowest BCUT2D eigenvalue weighted by Gasteiger charge is -2.35. The van der Waals surface area contributed by atoms with Gasteiger partial charge in [0.1, 0.15) is 0 Å². The van der Waals surface area contributed by atoms with Crippen LogP contribution < -0.4 is 10.6 Å². The highest BCUT2D eigenvalue weighted by Gasteiger charge is 2.43. The fourth-order valence-corrected chi connectivity index (χ4v) is 3.81. The molecule has 114 valence electrons. The van der Waals surface area contributed by atoms with Crippen molar-refractivity contribution in [1.82, 2.24) is 10.6 Å². The summed E-state index contributed by atoms with van der Waals surface area (Å²) in [5.74, 6) is 0.892. The van der Waals surface area contributed by atoms with Gasteiger partial charge in [0.15, 0.2) is 0 Å². The zero-order valence-electron chi connectivity index (χ0n) is 12.2. The van der Waals surface area contributed by atoms with Crippen molar-refractivity contribution >= 4 is 6.03 Å². The smallest absolute Gasteiger partial charge is 0.315 e. The van der Waals surface area contributed by atoms with Crippen molar-refractivity contribution in [2.45, 2.75) is 63.1 Å². The van der Waals surface area contributed by atoms with E-state index in [2.05, 4.69) is 10.6 Å². The van der Waals surface area contributed by atoms with Crippen molar-refractivity contribution in [3.8, 4) is 0 Å². The number of aliphatic hydroxyl groups excluding tert-OH is 1. The molecule has 4 atom stereocenters. The van der Waals surface area contributed by atoms with E-state index in [0.717, 1.165) is 45.1 Å². The van der Waals surface area contributed by atoms with Crippen LogP contribution in [0.5, 0.6) is 0 Å². The Labute approximate surface area is 120 Å². The Hall–Kier alpha value is -0.810. The number of hydrogen-bond donors (Lipinski definition) is 3. The standard InChI is InChI=1S/C15H26N2O3/c1-15(9-18,10-5-6-10)17-14(19)16-12-3-2-4-13-11(12)7-8-20-13/h10-13,18H,2-9H2,1H3,(H2,16,17,19). The largest absolute Gasteiger partial charge is 0.394 e. The van der Waals surface area contributed by atoms with Gasteiger partial charge in [0.05, 0.1) is 18.2 Å². The van der Waals surface area contributed by atoms with Gasteiger partial charge in [0.25, 0.3) is 0 Å². The van der Waals surface area contributed by atoms with Crippen molar-refractivity contribution in [3.05, 3.63) is 0 Å². The van der Waals surface area contributed by atoms with Crippen LogP contribution in [-0.2, 0) is 4.74 Å². The molecule has 1 aliphatic heterocycles. The topological polar surface area (TPSA) is 70.6 Å². The molecule has 1 heterocycles. The summed E-state index contributed by atoms with van der Waals surface area (Å²) in [5.41, 5.74) is -0.468. The molecule has 1 saturated heterocycles. The van der Waals surface area contributed by atoms with E-state index in [4.69, 9.17) is 4.74 Å². The van der Waals surface area contributed by atoms with Gasteiger partial charge in [0, 0.05) is 18.6 Å². The minimum absolute atomic E-state index is 0.00488. The van der Waals surface area contributed by atoms with Crippen LogP contribution in [0, 0.1) is 11.8 Å². The molecule has 3 aliphatic rings. The lowest BCUT2D eigenvalue weighted by atomic mass is 9.82. The van der Waals surface area contributed by atoms with E-state index in [9.17, 15) is 9.90 Å². The molecule has 2 aliphatic carbocycles. The molecule has 0 aromatic carbocycles. The third-order valence-corrected chi connectivity index (χ3v) is 5.30. The summed E-state index contributed by atoms with van der Waals surface area (Å²) in [4.78, 5) is 12.2. The van der Waals surface area contributed by atoms with Crippen LogP contribution in [-0.4, -0.2) is 42.0 Å². The first-order valence-electron chi connectivity index (χ1n) is 7.93. The van der Waals surface area contributed by atoms with Gasteiger partial charge in [-0.05, 0) is 51.4 Å². The Kier molecular flexibility index (Phi) is 3.91. The van der Waals surface area contributed by atoms with Crippen LogP contribution in [0.15, 0.2) is 0 Å². The summed E-state index contributed by atoms with van der Waals surface area (Å²) in [7, 11) is 0. The highest BCUT2D eigenvalue weighted by Crippen LogP contribution is 2.39. The summed E-state index contributed by atoms with van der Waals surface area (Å²) in [6, 6.07) is 0.0874. The number of carbonyl (C=O) groups is 1. The molecule has 0 bridgehead atoms. The highest BCUT2D eigenvalue weighted by atomic mass is 16.5. The van der Waals surface area contributed by atoms with Crippen LogP contribution in [0.1, 0.15) is 45.4 Å². The Morgan fingerprint density at radius 3 is 2.80 bits per heavy atom. The van der Waals surface area contributed by atoms with Crippen LogP contribution >= 0.6 is 0 Å². The second-order valence-corrected chi connectivity index (χ2v) is 6.85. The first-order chi connectivity index (χ1) is 9.62. The van der Waals surface area contributed by atoms with Crippen molar-refractivity contribution in [2.75, 3.05) is 13.2 Å². The molecule has 3 rings (SSSR count). The van der Waals surface area contributed by atoms with Gasteiger partial charge >= 0.3 is 6.03 Å². The second-order valence-electron chi connectivity index (χ2n) is 6.85. The molecule has 0 aromatic rings. The first-order valence-corrected chi connectivity index (χ1v) is 7.93. The van der Waals surface area contributed by atoms with Gasteiger partial charge in [-0.2, -0.15) is 0 Å². The average molecular weight is 282 g/mol. The van der Waals surface area contributed by atoms with E-state index in [-0.39, 0.29) is 18.7 Å². The van der Waals surface area contributed by atoms with Crippen LogP contribution in [0.2, 0.25) is 0 Å². The molecule has 3 fully saturated rings. The number of aliphatic hydroxyl groups is 1. The van der Waals surface area contributed by atoms with Gasteiger partial charge < -0.3 is 20.5 Å². The van der Waals surface area contributed by atoms with E-state index < -0.39 is 5.54 Å². The summed E-state index contributed by atoms with van der Waals surface area (Å²) in [6.07, 6.45) is 6.86. The highest BCUT2D eigenvalue weighted by molar-refractivity contribution is 5.75. The Morgan fingerprint density at radius 1 is 1.30 bits per heavy atom. The molecule has 3 N–H and O–H groups in total. The Morgan fingerprint density at radius 2 is 2.10 bits per heavy atom. The SMILES string of the molecule is CC(CO)(NC(=O)NC1CCCC2OCCC12)C1CC1. The monoisotopic (exact) mass is 282 g/mol. The molecule has 5 nitrogen and oxygen atoms in total. The van der Waals surface area contributed by atoms with Crippen LogP contribution in [0.4, 0.5) is 4.79 Å². The maximum absolute atomic E-state index is 12.2. The average Bonchev–Trinajstić information content (AvgIpc) is 3.18. The van der Waals surface area contributed by atoms with Gasteiger partial charge in [-0.3, -0.25) is 0 Å². The molecular weight excluding hydrogens is 256 g/mol. The molecule has 20 heavy (non-hydrogen) atoms. The molecular formula is C15H26N2O3. The van der Waals surface area contributed by atoms with Crippen LogP contribution in [0.3, 0.4) is 0 Å². The van der Waals surface area contributed by atoms with Crippen molar-refractivity contribution < 1.29 is 14.6 Å². The normalized spacial score (nSPS) is 36.0. The van der Waals surface area contributed by atoms with E-state index in [1.165, 1.54) is 0 Å². The van der Waals surface area contributed by atoms with Crippen molar-refractivity contribution in [3.63, 3.8) is 0 Å². The summed E-state index contributed by atoms with van der Waals surface area (Å²) >= 11 is 0. The molecule has 0 aromatic heterocycles. The summed E-state index contributed by atoms with van der Waals surface area (Å²) in [6.45, 7) is 2.77. The molecule has 2 saturated carbocycles. The second kappa shape index (κ2) is 5.53. The molecule has 2 amide bonds. The molecule has 0 radical (unpaired) electrons. The summed E-state index contributed by atoms with van der Waals surface area (Å²) < 4.78 is 5.73.